The Balaban J connectivity index is 2.03. The number of phenols is 1. The molecule has 2 unspecified atom stereocenters. The summed E-state index contributed by atoms with van der Waals surface area (Å²) < 4.78 is 5.27. The van der Waals surface area contributed by atoms with Crippen LogP contribution in [-0.2, 0) is 11.2 Å². The fraction of sp³-hybridized carbons (Fsp3) is 0.600. The second-order valence-electron chi connectivity index (χ2n) is 5.08. The zero-order valence-corrected chi connectivity index (χ0v) is 11.3. The van der Waals surface area contributed by atoms with E-state index >= 15 is 0 Å². The maximum Gasteiger partial charge on any atom is 0.115 e. The zero-order valence-electron chi connectivity index (χ0n) is 11.3. The molecule has 0 fully saturated rings. The van der Waals surface area contributed by atoms with Crippen LogP contribution in [0.5, 0.6) is 5.75 Å². The quantitative estimate of drug-likeness (QED) is 0.814. The van der Waals surface area contributed by atoms with Crippen LogP contribution in [0.3, 0.4) is 0 Å². The van der Waals surface area contributed by atoms with Crippen molar-refractivity contribution in [3.05, 3.63) is 29.3 Å². The Bertz CT molecular complexity index is 386. The Hall–Kier alpha value is -1.06. The van der Waals surface area contributed by atoms with E-state index in [1.54, 1.807) is 13.2 Å². The summed E-state index contributed by atoms with van der Waals surface area (Å²) in [6.45, 7) is 2.96. The molecule has 1 aromatic rings. The molecule has 0 saturated carbocycles. The van der Waals surface area contributed by atoms with Gasteiger partial charge < -0.3 is 15.2 Å². The fourth-order valence-corrected chi connectivity index (χ4v) is 2.83. The molecule has 3 nitrogen and oxygen atoms in total. The minimum atomic E-state index is 0.372. The smallest absolute Gasteiger partial charge is 0.115 e. The highest BCUT2D eigenvalue weighted by molar-refractivity contribution is 5.40. The van der Waals surface area contributed by atoms with E-state index in [4.69, 9.17) is 4.74 Å². The van der Waals surface area contributed by atoms with Gasteiger partial charge in [-0.3, -0.25) is 0 Å². The van der Waals surface area contributed by atoms with Gasteiger partial charge in [-0.2, -0.15) is 0 Å². The largest absolute Gasteiger partial charge is 0.508 e. The molecule has 0 radical (unpaired) electrons. The van der Waals surface area contributed by atoms with Gasteiger partial charge in [0, 0.05) is 19.2 Å². The minimum absolute atomic E-state index is 0.372. The van der Waals surface area contributed by atoms with E-state index in [0.717, 1.165) is 32.3 Å². The third kappa shape index (κ3) is 3.03. The van der Waals surface area contributed by atoms with Gasteiger partial charge in [0.05, 0.1) is 6.61 Å². The van der Waals surface area contributed by atoms with Crippen molar-refractivity contribution >= 4 is 0 Å². The van der Waals surface area contributed by atoms with Crippen LogP contribution in [0.1, 0.15) is 43.4 Å². The van der Waals surface area contributed by atoms with Gasteiger partial charge in [-0.15, -0.1) is 0 Å². The standard InChI is InChI=1S/C15H23NO2/c1-3-4-12(10-18-2)16-15-8-5-11-9-13(17)6-7-14(11)15/h6-7,9,12,15-17H,3-5,8,10H2,1-2H3. The van der Waals surface area contributed by atoms with E-state index < -0.39 is 0 Å². The average molecular weight is 249 g/mol. The van der Waals surface area contributed by atoms with E-state index in [2.05, 4.69) is 12.2 Å². The maximum atomic E-state index is 9.49. The first-order valence-electron chi connectivity index (χ1n) is 6.81. The molecule has 2 rings (SSSR count). The number of fused-ring (bicyclic) bond motifs is 1. The first-order valence-corrected chi connectivity index (χ1v) is 6.81. The van der Waals surface area contributed by atoms with Crippen LogP contribution in [0.2, 0.25) is 0 Å². The van der Waals surface area contributed by atoms with Crippen LogP contribution in [0.15, 0.2) is 18.2 Å². The Morgan fingerprint density at radius 2 is 2.33 bits per heavy atom. The summed E-state index contributed by atoms with van der Waals surface area (Å²) in [5.74, 6) is 0.372. The Labute approximate surface area is 109 Å². The third-order valence-electron chi connectivity index (χ3n) is 3.65. The van der Waals surface area contributed by atoms with Gasteiger partial charge in [-0.05, 0) is 42.5 Å². The molecule has 3 heteroatoms. The van der Waals surface area contributed by atoms with Crippen LogP contribution in [-0.4, -0.2) is 24.9 Å². The summed E-state index contributed by atoms with van der Waals surface area (Å²) in [6.07, 6.45) is 4.46. The van der Waals surface area contributed by atoms with Crippen molar-refractivity contribution in [3.8, 4) is 5.75 Å². The molecule has 0 bridgehead atoms. The molecule has 2 N–H and O–H groups in total. The van der Waals surface area contributed by atoms with Crippen molar-refractivity contribution < 1.29 is 9.84 Å². The van der Waals surface area contributed by atoms with Crippen molar-refractivity contribution in [2.75, 3.05) is 13.7 Å². The molecule has 0 saturated heterocycles. The molecular weight excluding hydrogens is 226 g/mol. The van der Waals surface area contributed by atoms with Crippen LogP contribution >= 0.6 is 0 Å². The lowest BCUT2D eigenvalue weighted by Gasteiger charge is -2.22. The summed E-state index contributed by atoms with van der Waals surface area (Å²) in [7, 11) is 1.75. The Kier molecular flexibility index (Phi) is 4.61. The molecule has 2 atom stereocenters. The lowest BCUT2D eigenvalue weighted by molar-refractivity contribution is 0.155. The normalized spacial score (nSPS) is 19.8. The zero-order chi connectivity index (χ0) is 13.0. The predicted octanol–water partition coefficient (Wildman–Crippen LogP) is 2.78. The third-order valence-corrected chi connectivity index (χ3v) is 3.65. The topological polar surface area (TPSA) is 41.5 Å². The van der Waals surface area contributed by atoms with Crippen molar-refractivity contribution in [3.63, 3.8) is 0 Å². The summed E-state index contributed by atoms with van der Waals surface area (Å²) >= 11 is 0. The van der Waals surface area contributed by atoms with Gasteiger partial charge in [-0.1, -0.05) is 19.4 Å². The summed E-state index contributed by atoms with van der Waals surface area (Å²) in [5, 5.41) is 13.2. The van der Waals surface area contributed by atoms with E-state index in [-0.39, 0.29) is 0 Å². The Morgan fingerprint density at radius 1 is 1.50 bits per heavy atom. The Morgan fingerprint density at radius 3 is 3.06 bits per heavy atom. The van der Waals surface area contributed by atoms with E-state index in [1.807, 2.05) is 12.1 Å². The molecule has 0 amide bonds. The predicted molar refractivity (Wildman–Crippen MR) is 72.9 cm³/mol. The van der Waals surface area contributed by atoms with Gasteiger partial charge >= 0.3 is 0 Å². The molecule has 0 aliphatic heterocycles. The second-order valence-corrected chi connectivity index (χ2v) is 5.08. The molecule has 100 valence electrons. The fourth-order valence-electron chi connectivity index (χ4n) is 2.83. The lowest BCUT2D eigenvalue weighted by Crippen LogP contribution is -2.35. The summed E-state index contributed by atoms with van der Waals surface area (Å²) in [6, 6.07) is 6.55. The average Bonchev–Trinajstić information content (AvgIpc) is 2.72. The van der Waals surface area contributed by atoms with E-state index in [1.165, 1.54) is 11.1 Å². The molecular formula is C15H23NO2. The number of aromatic hydroxyl groups is 1. The van der Waals surface area contributed by atoms with Crippen LogP contribution < -0.4 is 5.32 Å². The number of nitrogens with one attached hydrogen (secondary N) is 1. The number of hydrogen-bond donors (Lipinski definition) is 2. The van der Waals surface area contributed by atoms with Gasteiger partial charge in [0.15, 0.2) is 0 Å². The highest BCUT2D eigenvalue weighted by Gasteiger charge is 2.24. The maximum absolute atomic E-state index is 9.49. The summed E-state index contributed by atoms with van der Waals surface area (Å²) in [4.78, 5) is 0. The van der Waals surface area contributed by atoms with Crippen molar-refractivity contribution in [2.24, 2.45) is 0 Å². The van der Waals surface area contributed by atoms with Crippen LogP contribution in [0, 0.1) is 0 Å². The van der Waals surface area contributed by atoms with Gasteiger partial charge in [-0.25, -0.2) is 0 Å². The summed E-state index contributed by atoms with van der Waals surface area (Å²) in [5.41, 5.74) is 2.62. The highest BCUT2D eigenvalue weighted by atomic mass is 16.5. The van der Waals surface area contributed by atoms with E-state index in [0.29, 0.717) is 17.8 Å². The van der Waals surface area contributed by atoms with Gasteiger partial charge in [0.1, 0.15) is 5.75 Å². The number of methoxy groups -OCH3 is 1. The molecule has 1 aromatic carbocycles. The van der Waals surface area contributed by atoms with Crippen molar-refractivity contribution in [2.45, 2.75) is 44.7 Å². The molecule has 0 aromatic heterocycles. The monoisotopic (exact) mass is 249 g/mol. The number of phenolic OH excluding ortho intramolecular Hbond substituents is 1. The molecule has 0 spiro atoms. The molecule has 1 aliphatic rings. The number of benzene rings is 1. The SMILES string of the molecule is CCCC(COC)NC1CCc2cc(O)ccc21. The lowest BCUT2D eigenvalue weighted by atomic mass is 10.1. The van der Waals surface area contributed by atoms with Crippen LogP contribution in [0.4, 0.5) is 0 Å². The first-order chi connectivity index (χ1) is 8.74. The highest BCUT2D eigenvalue weighted by Crippen LogP contribution is 2.33. The number of hydrogen-bond acceptors (Lipinski definition) is 3. The first kappa shape index (κ1) is 13.4. The van der Waals surface area contributed by atoms with Gasteiger partial charge in [0.2, 0.25) is 0 Å². The van der Waals surface area contributed by atoms with Crippen LogP contribution in [0.25, 0.3) is 0 Å². The second kappa shape index (κ2) is 6.21. The number of rotatable bonds is 6. The molecule has 0 heterocycles. The van der Waals surface area contributed by atoms with E-state index in [9.17, 15) is 5.11 Å². The number of aryl methyl sites for hydroxylation is 1. The number of ether oxygens (including phenoxy) is 1. The molecule has 1 aliphatic carbocycles. The molecule has 18 heavy (non-hydrogen) atoms. The van der Waals surface area contributed by atoms with Crippen molar-refractivity contribution in [1.82, 2.24) is 5.32 Å². The van der Waals surface area contributed by atoms with Gasteiger partial charge in [0.25, 0.3) is 0 Å². The minimum Gasteiger partial charge on any atom is -0.508 e. The van der Waals surface area contributed by atoms with Crippen molar-refractivity contribution in [1.29, 1.82) is 0 Å².